The minimum atomic E-state index is -7.13. The van der Waals surface area contributed by atoms with Gasteiger partial charge < -0.3 is 4.74 Å². The predicted molar refractivity (Wildman–Crippen MR) is 82.3 cm³/mol. The fourth-order valence-electron chi connectivity index (χ4n) is 4.83. The van der Waals surface area contributed by atoms with Gasteiger partial charge in [0.15, 0.2) is 0 Å². The molecule has 0 aromatic heterocycles. The topological polar surface area (TPSA) is 132 Å². The second-order valence-corrected chi connectivity index (χ2v) is 12.7. The fraction of sp³-hybridized carbons (Fsp3) is 0.857. The molecule has 1 N–H and O–H groups in total. The first kappa shape index (κ1) is 22.3. The van der Waals surface area contributed by atoms with Crippen LogP contribution < -0.4 is 0 Å². The molecule has 4 bridgehead atoms. The van der Waals surface area contributed by atoms with Crippen molar-refractivity contribution in [2.45, 2.75) is 49.6 Å². The molecule has 166 valence electrons. The Morgan fingerprint density at radius 3 is 1.93 bits per heavy atom. The van der Waals surface area contributed by atoms with Crippen molar-refractivity contribution in [1.82, 2.24) is 0 Å². The van der Waals surface area contributed by atoms with Crippen LogP contribution in [0.3, 0.4) is 0 Å². The molecule has 4 saturated carbocycles. The summed E-state index contributed by atoms with van der Waals surface area (Å²) in [4.78, 5) is 24.6. The molecule has 15 heteroatoms. The molecule has 3 unspecified atom stereocenters. The lowest BCUT2D eigenvalue weighted by atomic mass is 9.49. The second-order valence-electron chi connectivity index (χ2n) is 7.80. The largest absolute Gasteiger partial charge is 0.444 e. The van der Waals surface area contributed by atoms with E-state index in [-0.39, 0.29) is 31.0 Å². The number of rotatable bonds is 5. The third-order valence-electron chi connectivity index (χ3n) is 5.87. The van der Waals surface area contributed by atoms with E-state index < -0.39 is 58.8 Å². The summed E-state index contributed by atoms with van der Waals surface area (Å²) in [5.41, 5.74) is -1.66. The van der Waals surface area contributed by atoms with Gasteiger partial charge in [-0.05, 0) is 38.0 Å². The number of esters is 1. The first-order valence-corrected chi connectivity index (χ1v) is 11.8. The van der Waals surface area contributed by atoms with E-state index in [4.69, 9.17) is 4.55 Å². The van der Waals surface area contributed by atoms with Crippen molar-refractivity contribution in [3.63, 3.8) is 0 Å². The highest BCUT2D eigenvalue weighted by Crippen LogP contribution is 2.59. The number of Topliss-reactive ketones (excluding diaryl/α,β-unsaturated/α-hetero) is 1. The molecule has 3 atom stereocenters. The SMILES string of the molecule is O=C1C2CC3CC1CC(C(=O)OC(C(F)(F)F)C(F)(F)S(=O)(=O)S(=O)(=O)O)(C3)C2. The molecule has 0 aromatic carbocycles. The maximum absolute atomic E-state index is 14.1. The third-order valence-corrected chi connectivity index (χ3v) is 9.63. The molecule has 0 radical (unpaired) electrons. The molecule has 0 aromatic rings. The molecule has 0 amide bonds. The van der Waals surface area contributed by atoms with Gasteiger partial charge in [-0.2, -0.15) is 30.4 Å². The minimum Gasteiger partial charge on any atom is -0.444 e. The van der Waals surface area contributed by atoms with Crippen LogP contribution in [0.2, 0.25) is 0 Å². The molecule has 4 fully saturated rings. The van der Waals surface area contributed by atoms with Crippen LogP contribution in [0.25, 0.3) is 0 Å². The fourth-order valence-corrected chi connectivity index (χ4v) is 6.66. The van der Waals surface area contributed by atoms with Gasteiger partial charge >= 0.3 is 35.4 Å². The smallest absolute Gasteiger partial charge is 0.432 e. The first-order valence-electron chi connectivity index (χ1n) is 8.34. The Morgan fingerprint density at radius 1 is 1.03 bits per heavy atom. The van der Waals surface area contributed by atoms with E-state index in [1.165, 1.54) is 0 Å². The number of alkyl halides is 5. The average Bonchev–Trinajstić information content (AvgIpc) is 2.53. The summed E-state index contributed by atoms with van der Waals surface area (Å²) in [5.74, 6) is -3.36. The lowest BCUT2D eigenvalue weighted by molar-refractivity contribution is -0.264. The summed E-state index contributed by atoms with van der Waals surface area (Å²) in [7, 11) is -13.8. The van der Waals surface area contributed by atoms with Crippen LogP contribution in [0.15, 0.2) is 0 Å². The van der Waals surface area contributed by atoms with E-state index in [1.807, 2.05) is 0 Å². The lowest BCUT2D eigenvalue weighted by Gasteiger charge is -2.54. The first-order chi connectivity index (χ1) is 12.9. The molecule has 4 aliphatic rings. The molecule has 8 nitrogen and oxygen atoms in total. The van der Waals surface area contributed by atoms with Gasteiger partial charge in [-0.25, -0.2) is 8.42 Å². The highest BCUT2D eigenvalue weighted by molar-refractivity contribution is 8.65. The van der Waals surface area contributed by atoms with Crippen LogP contribution in [0, 0.1) is 23.2 Å². The Bertz CT molecular complexity index is 937. The molecule has 29 heavy (non-hydrogen) atoms. The van der Waals surface area contributed by atoms with Crippen LogP contribution in [-0.4, -0.2) is 50.7 Å². The quantitative estimate of drug-likeness (QED) is 0.278. The average molecular weight is 470 g/mol. The van der Waals surface area contributed by atoms with E-state index in [0.717, 1.165) is 0 Å². The number of hydrogen-bond acceptors (Lipinski definition) is 7. The summed E-state index contributed by atoms with van der Waals surface area (Å²) in [6.45, 7) is 0. The molecule has 0 heterocycles. The van der Waals surface area contributed by atoms with E-state index in [9.17, 15) is 48.4 Å². The number of hydrogen-bond donors (Lipinski definition) is 1. The van der Waals surface area contributed by atoms with Crippen LogP contribution in [0.1, 0.15) is 32.1 Å². The summed E-state index contributed by atoms with van der Waals surface area (Å²) >= 11 is 0. The van der Waals surface area contributed by atoms with Crippen LogP contribution in [0.5, 0.6) is 0 Å². The Kier molecular flexibility index (Phi) is 4.87. The third kappa shape index (κ3) is 3.34. The monoisotopic (exact) mass is 470 g/mol. The van der Waals surface area contributed by atoms with Gasteiger partial charge in [0.1, 0.15) is 5.78 Å². The molecule has 0 saturated heterocycles. The van der Waals surface area contributed by atoms with Crippen LogP contribution >= 0.6 is 0 Å². The van der Waals surface area contributed by atoms with Gasteiger partial charge in [-0.1, -0.05) is 0 Å². The molecule has 4 rings (SSSR count). The number of ether oxygens (including phenoxy) is 1. The standard InChI is InChI=1S/C14H15F5O8S2/c15-13(16,17)10(14(18,19)28(22,23)29(24,25)26)27-11(21)12-3-6-1-7(4-12)9(20)8(2-6)5-12/h6-8,10H,1-5H2,(H,24,25,26). The van der Waals surface area contributed by atoms with Gasteiger partial charge in [0.2, 0.25) is 0 Å². The van der Waals surface area contributed by atoms with Crippen molar-refractivity contribution in [3.8, 4) is 0 Å². The van der Waals surface area contributed by atoms with Crippen molar-refractivity contribution in [3.05, 3.63) is 0 Å². The lowest BCUT2D eigenvalue weighted by Crippen LogP contribution is -2.58. The van der Waals surface area contributed by atoms with Crippen molar-refractivity contribution >= 4 is 29.8 Å². The molecular weight excluding hydrogens is 455 g/mol. The Morgan fingerprint density at radius 2 is 1.52 bits per heavy atom. The Labute approximate surface area is 160 Å². The Balaban J connectivity index is 1.95. The van der Waals surface area contributed by atoms with E-state index in [0.29, 0.717) is 12.8 Å². The van der Waals surface area contributed by atoms with Gasteiger partial charge in [0.05, 0.1) is 5.41 Å². The molecule has 0 aliphatic heterocycles. The summed E-state index contributed by atoms with van der Waals surface area (Å²) in [6.07, 6.45) is -10.4. The normalized spacial score (nSPS) is 33.6. The number of ketones is 1. The van der Waals surface area contributed by atoms with Crippen molar-refractivity contribution < 1.29 is 57.7 Å². The Hall–Kier alpha value is -1.35. The van der Waals surface area contributed by atoms with E-state index in [1.54, 1.807) is 0 Å². The van der Waals surface area contributed by atoms with Gasteiger partial charge in [0.25, 0.3) is 6.10 Å². The van der Waals surface area contributed by atoms with Crippen molar-refractivity contribution in [2.24, 2.45) is 23.2 Å². The minimum absolute atomic E-state index is 0.00664. The highest BCUT2D eigenvalue weighted by Gasteiger charge is 2.70. The van der Waals surface area contributed by atoms with E-state index >= 15 is 0 Å². The summed E-state index contributed by atoms with van der Waals surface area (Å²) in [6, 6.07) is 0. The van der Waals surface area contributed by atoms with Crippen molar-refractivity contribution in [2.75, 3.05) is 0 Å². The van der Waals surface area contributed by atoms with Crippen molar-refractivity contribution in [1.29, 1.82) is 0 Å². The maximum Gasteiger partial charge on any atom is 0.432 e. The molecule has 4 aliphatic carbocycles. The molecule has 0 spiro atoms. The van der Waals surface area contributed by atoms with Crippen LogP contribution in [-0.2, 0) is 32.3 Å². The maximum atomic E-state index is 14.1. The van der Waals surface area contributed by atoms with Gasteiger partial charge in [0, 0.05) is 11.8 Å². The predicted octanol–water partition coefficient (Wildman–Crippen LogP) is 1.67. The zero-order valence-electron chi connectivity index (χ0n) is 14.4. The summed E-state index contributed by atoms with van der Waals surface area (Å²) in [5, 5.41) is -6.20. The second kappa shape index (κ2) is 6.33. The van der Waals surface area contributed by atoms with Crippen LogP contribution in [0.4, 0.5) is 22.0 Å². The van der Waals surface area contributed by atoms with Gasteiger partial charge in [-0.15, -0.1) is 0 Å². The molecular formula is C14H15F5O8S2. The number of halogens is 5. The van der Waals surface area contributed by atoms with Gasteiger partial charge in [-0.3, -0.25) is 14.1 Å². The van der Waals surface area contributed by atoms with E-state index in [2.05, 4.69) is 4.74 Å². The highest BCUT2D eigenvalue weighted by atomic mass is 33.2. The summed E-state index contributed by atoms with van der Waals surface area (Å²) < 4.78 is 124. The number of carbonyl (C=O) groups is 2. The zero-order valence-corrected chi connectivity index (χ0v) is 16.0. The zero-order chi connectivity index (χ0) is 22.2. The number of carbonyl (C=O) groups excluding carboxylic acids is 2.